The van der Waals surface area contributed by atoms with E-state index in [4.69, 9.17) is 19.6 Å². The van der Waals surface area contributed by atoms with Gasteiger partial charge in [-0.1, -0.05) is 11.5 Å². The Balaban J connectivity index is 2.07. The van der Waals surface area contributed by atoms with E-state index in [1.54, 1.807) is 25.5 Å². The molecule has 0 radical (unpaired) electrons. The Kier molecular flexibility index (Phi) is 9.37. The largest absolute Gasteiger partial charge is 0.481 e. The highest BCUT2D eigenvalue weighted by Crippen LogP contribution is 2.40. The van der Waals surface area contributed by atoms with E-state index >= 15 is 0 Å². The fourth-order valence-corrected chi connectivity index (χ4v) is 5.41. The summed E-state index contributed by atoms with van der Waals surface area (Å²) in [5, 5.41) is 15.6. The fourth-order valence-electron chi connectivity index (χ4n) is 4.18. The Hall–Kier alpha value is -2.59. The number of hydrogen-bond acceptors (Lipinski definition) is 9. The van der Waals surface area contributed by atoms with Gasteiger partial charge in [-0.15, -0.1) is 0 Å². The number of nitrogens with zero attached hydrogens (tertiary/aromatic N) is 4. The van der Waals surface area contributed by atoms with E-state index in [-0.39, 0.29) is 13.0 Å². The van der Waals surface area contributed by atoms with E-state index in [1.807, 2.05) is 27.7 Å². The van der Waals surface area contributed by atoms with Crippen LogP contribution in [0.5, 0.6) is 0 Å². The molecule has 0 bridgehead atoms. The number of aliphatic carboxylic acids is 1. The molecule has 17 heteroatoms. The Labute approximate surface area is 222 Å². The van der Waals surface area contributed by atoms with Crippen molar-refractivity contribution in [2.45, 2.75) is 90.0 Å². The van der Waals surface area contributed by atoms with Crippen LogP contribution in [-0.4, -0.2) is 84.9 Å². The summed E-state index contributed by atoms with van der Waals surface area (Å²) in [5.74, 6) is -3.43. The third-order valence-corrected chi connectivity index (χ3v) is 8.22. The number of carbonyl (C=O) groups excluding carboxylic acids is 2. The standard InChI is InChI=1S/C21H37BN6O9S/c1-18(2,3)35-17(32)24-11-15(29)25-38(33,34)28-12-14(21(13-28,16(30)31)26-27-23)9-8-10-22-36-19(4,5)20(6,7)37-22/h14H,8-13H2,1-7H3,(H,24,32)(H,25,29)(H,30,31). The lowest BCUT2D eigenvalue weighted by Crippen LogP contribution is -2.49. The summed E-state index contributed by atoms with van der Waals surface area (Å²) in [5.41, 5.74) is 5.10. The van der Waals surface area contributed by atoms with E-state index in [1.165, 1.54) is 0 Å². The maximum absolute atomic E-state index is 12.9. The first kappa shape index (κ1) is 31.6. The molecule has 15 nitrogen and oxygen atoms in total. The van der Waals surface area contributed by atoms with Crippen molar-refractivity contribution in [3.63, 3.8) is 0 Å². The van der Waals surface area contributed by atoms with E-state index < -0.39 is 76.6 Å². The van der Waals surface area contributed by atoms with Crippen LogP contribution < -0.4 is 10.0 Å². The van der Waals surface area contributed by atoms with Crippen LogP contribution in [0.1, 0.15) is 61.3 Å². The highest BCUT2D eigenvalue weighted by Gasteiger charge is 2.55. The van der Waals surface area contributed by atoms with Gasteiger partial charge in [0.15, 0.2) is 5.54 Å². The van der Waals surface area contributed by atoms with Gasteiger partial charge in [-0.3, -0.25) is 9.59 Å². The van der Waals surface area contributed by atoms with Crippen molar-refractivity contribution < 1.29 is 42.0 Å². The van der Waals surface area contributed by atoms with Crippen LogP contribution >= 0.6 is 0 Å². The molecule has 0 aromatic rings. The number of carboxylic acids is 1. The zero-order chi connectivity index (χ0) is 29.2. The quantitative estimate of drug-likeness (QED) is 0.154. The Morgan fingerprint density at radius 3 is 2.29 bits per heavy atom. The van der Waals surface area contributed by atoms with Gasteiger partial charge in [0, 0.05) is 18.0 Å². The summed E-state index contributed by atoms with van der Waals surface area (Å²) < 4.78 is 45.2. The number of alkyl carbamates (subject to hydrolysis) is 1. The maximum atomic E-state index is 12.9. The molecule has 2 heterocycles. The van der Waals surface area contributed by atoms with E-state index in [0.29, 0.717) is 12.7 Å². The molecule has 2 rings (SSSR count). The average molecular weight is 560 g/mol. The highest BCUT2D eigenvalue weighted by atomic mass is 32.2. The highest BCUT2D eigenvalue weighted by molar-refractivity contribution is 7.87. The zero-order valence-electron chi connectivity index (χ0n) is 22.8. The number of rotatable bonds is 10. The lowest BCUT2D eigenvalue weighted by Gasteiger charge is -2.32. The molecule has 0 aromatic carbocycles. The lowest BCUT2D eigenvalue weighted by atomic mass is 9.78. The smallest absolute Gasteiger partial charge is 0.457 e. The number of nitrogens with one attached hydrogen (secondary N) is 2. The minimum atomic E-state index is -4.52. The van der Waals surface area contributed by atoms with Crippen LogP contribution in [0, 0.1) is 5.92 Å². The Morgan fingerprint density at radius 1 is 1.21 bits per heavy atom. The van der Waals surface area contributed by atoms with Crippen LogP contribution in [0.15, 0.2) is 5.11 Å². The first-order chi connectivity index (χ1) is 17.2. The van der Waals surface area contributed by atoms with E-state index in [9.17, 15) is 27.9 Å². The molecule has 3 N–H and O–H groups in total. The van der Waals surface area contributed by atoms with Gasteiger partial charge in [0.2, 0.25) is 0 Å². The molecule has 2 aliphatic heterocycles. The molecule has 0 saturated carbocycles. The topological polar surface area (TPSA) is 209 Å². The summed E-state index contributed by atoms with van der Waals surface area (Å²) >= 11 is 0. The van der Waals surface area contributed by atoms with Gasteiger partial charge < -0.3 is 24.5 Å². The molecule has 2 aliphatic rings. The summed E-state index contributed by atoms with van der Waals surface area (Å²) in [7, 11) is -5.05. The number of amides is 2. The van der Waals surface area contributed by atoms with Crippen LogP contribution in [-0.2, 0) is 33.8 Å². The first-order valence-electron chi connectivity index (χ1n) is 12.2. The lowest BCUT2D eigenvalue weighted by molar-refractivity contribution is -0.144. The zero-order valence-corrected chi connectivity index (χ0v) is 23.6. The molecule has 2 atom stereocenters. The van der Waals surface area contributed by atoms with Crippen molar-refractivity contribution in [1.29, 1.82) is 0 Å². The molecule has 0 spiro atoms. The number of carbonyl (C=O) groups is 3. The summed E-state index contributed by atoms with van der Waals surface area (Å²) in [6, 6.07) is 0. The molecule has 2 amide bonds. The molecule has 214 valence electrons. The van der Waals surface area contributed by atoms with E-state index in [2.05, 4.69) is 15.3 Å². The number of ether oxygens (including phenoxy) is 1. The molecule has 2 unspecified atom stereocenters. The third-order valence-electron chi connectivity index (χ3n) is 6.78. The van der Waals surface area contributed by atoms with Crippen LogP contribution in [0.3, 0.4) is 0 Å². The van der Waals surface area contributed by atoms with Crippen molar-refractivity contribution in [2.75, 3.05) is 19.6 Å². The second-order valence-electron chi connectivity index (χ2n) is 11.4. The predicted molar refractivity (Wildman–Crippen MR) is 136 cm³/mol. The van der Waals surface area contributed by atoms with Crippen LogP contribution in [0.4, 0.5) is 4.79 Å². The van der Waals surface area contributed by atoms with Crippen molar-refractivity contribution >= 4 is 35.3 Å². The minimum Gasteiger partial charge on any atom is -0.481 e. The summed E-state index contributed by atoms with van der Waals surface area (Å²) in [4.78, 5) is 38.8. The fraction of sp³-hybridized carbons (Fsp3) is 0.857. The van der Waals surface area contributed by atoms with Crippen molar-refractivity contribution in [3.05, 3.63) is 10.4 Å². The Bertz CT molecular complexity index is 1070. The predicted octanol–water partition coefficient (Wildman–Crippen LogP) is 1.81. The van der Waals surface area contributed by atoms with Crippen molar-refractivity contribution in [3.8, 4) is 0 Å². The monoisotopic (exact) mass is 560 g/mol. The minimum absolute atomic E-state index is 0.190. The number of hydrogen-bond donors (Lipinski definition) is 3. The van der Waals surface area contributed by atoms with Crippen LogP contribution in [0.25, 0.3) is 10.4 Å². The molecule has 0 aliphatic carbocycles. The first-order valence-corrected chi connectivity index (χ1v) is 13.6. The van der Waals surface area contributed by atoms with Gasteiger partial charge in [-0.25, -0.2) is 9.52 Å². The molecular weight excluding hydrogens is 523 g/mol. The average Bonchev–Trinajstić information content (AvgIpc) is 3.20. The molecule has 2 fully saturated rings. The van der Waals surface area contributed by atoms with Gasteiger partial charge >= 0.3 is 29.4 Å². The SMILES string of the molecule is CC(C)(C)OC(=O)NCC(=O)NS(=O)(=O)N1CC(CCCB2OC(C)(C)C(C)(C)O2)C(N=[N+]=[N-])(C(=O)O)C1. The third kappa shape index (κ3) is 7.50. The number of carboxylic acid groups (broad SMARTS) is 1. The molecule has 38 heavy (non-hydrogen) atoms. The second-order valence-corrected chi connectivity index (χ2v) is 13.1. The van der Waals surface area contributed by atoms with Gasteiger partial charge in [-0.05, 0) is 72.7 Å². The van der Waals surface area contributed by atoms with Gasteiger partial charge in [-0.2, -0.15) is 12.7 Å². The number of azide groups is 1. The van der Waals surface area contributed by atoms with Crippen LogP contribution in [0.2, 0.25) is 6.32 Å². The maximum Gasteiger partial charge on any atom is 0.457 e. The van der Waals surface area contributed by atoms with Gasteiger partial charge in [0.1, 0.15) is 12.1 Å². The van der Waals surface area contributed by atoms with Crippen molar-refractivity contribution in [1.82, 2.24) is 14.3 Å². The Morgan fingerprint density at radius 2 is 1.79 bits per heavy atom. The summed E-state index contributed by atoms with van der Waals surface area (Å²) in [6.45, 7) is 10.8. The van der Waals surface area contributed by atoms with Crippen molar-refractivity contribution in [2.24, 2.45) is 11.0 Å². The normalized spacial score (nSPS) is 24.9. The van der Waals surface area contributed by atoms with Gasteiger partial charge in [0.05, 0.1) is 11.2 Å². The van der Waals surface area contributed by atoms with Gasteiger partial charge in [0.25, 0.3) is 5.91 Å². The molecule has 2 saturated heterocycles. The second kappa shape index (κ2) is 11.3. The summed E-state index contributed by atoms with van der Waals surface area (Å²) in [6.07, 6.45) is 0.0870. The molecule has 0 aromatic heterocycles. The molecular formula is C21H37BN6O9S. The van der Waals surface area contributed by atoms with E-state index in [0.717, 1.165) is 4.31 Å².